The van der Waals surface area contributed by atoms with Crippen LogP contribution < -0.4 is 5.73 Å². The van der Waals surface area contributed by atoms with Crippen LogP contribution in [0.5, 0.6) is 0 Å². The Hall–Kier alpha value is -0.510. The number of hydrogen-bond acceptors (Lipinski definition) is 3. The van der Waals surface area contributed by atoms with E-state index in [2.05, 4.69) is 0 Å². The molecule has 1 aliphatic rings. The molecule has 0 aromatic heterocycles. The molecule has 1 aliphatic heterocycles. The van der Waals surface area contributed by atoms with Gasteiger partial charge in [0.1, 0.15) is 6.04 Å². The number of nitrogens with zero attached hydrogens (tertiary/aromatic N) is 1. The molecule has 0 aliphatic carbocycles. The lowest BCUT2D eigenvalue weighted by Crippen LogP contribution is -2.60. The SMILES string of the molecule is NC1CN(C[P+](=O)O)C1=O. The van der Waals surface area contributed by atoms with Crippen LogP contribution in [0.15, 0.2) is 0 Å². The van der Waals surface area contributed by atoms with E-state index < -0.39 is 14.1 Å². The van der Waals surface area contributed by atoms with Gasteiger partial charge in [0.05, 0.1) is 0 Å². The highest BCUT2D eigenvalue weighted by Crippen LogP contribution is 2.19. The Balaban J connectivity index is 2.34. The molecule has 10 heavy (non-hydrogen) atoms. The van der Waals surface area contributed by atoms with Crippen molar-refractivity contribution in [3.63, 3.8) is 0 Å². The number of β-lactam (4-membered cyclic amide) rings is 1. The van der Waals surface area contributed by atoms with Crippen LogP contribution in [0.2, 0.25) is 0 Å². The average Bonchev–Trinajstić information content (AvgIpc) is 1.86. The summed E-state index contributed by atoms with van der Waals surface area (Å²) >= 11 is 0. The molecule has 0 spiro atoms. The number of carbonyl (C=O) groups excluding carboxylic acids is 1. The maximum atomic E-state index is 10.7. The van der Waals surface area contributed by atoms with Crippen LogP contribution >= 0.6 is 8.03 Å². The quantitative estimate of drug-likeness (QED) is 0.397. The lowest BCUT2D eigenvalue weighted by molar-refractivity contribution is -0.140. The fraction of sp³-hybridized carbons (Fsp3) is 0.750. The molecule has 1 rings (SSSR count). The zero-order chi connectivity index (χ0) is 7.72. The molecular weight excluding hydrogens is 155 g/mol. The van der Waals surface area contributed by atoms with Crippen molar-refractivity contribution in [2.24, 2.45) is 5.73 Å². The maximum Gasteiger partial charge on any atom is 0.527 e. The number of carbonyl (C=O) groups is 1. The predicted molar refractivity (Wildman–Crippen MR) is 34.4 cm³/mol. The Morgan fingerprint density at radius 1 is 1.90 bits per heavy atom. The standard InChI is InChI=1S/C4H7N2O3P/c5-3-1-6(4(3)7)2-10(8)9/h3H,1-2,5H2/p+1. The van der Waals surface area contributed by atoms with Crippen LogP contribution in [0.25, 0.3) is 0 Å². The lowest BCUT2D eigenvalue weighted by Gasteiger charge is -2.31. The molecule has 2 atom stereocenters. The molecule has 1 amide bonds. The van der Waals surface area contributed by atoms with Crippen molar-refractivity contribution >= 4 is 13.9 Å². The monoisotopic (exact) mass is 163 g/mol. The Labute approximate surface area is 58.7 Å². The van der Waals surface area contributed by atoms with Gasteiger partial charge in [-0.05, 0) is 4.57 Å². The molecule has 2 unspecified atom stereocenters. The van der Waals surface area contributed by atoms with Crippen LogP contribution in [-0.2, 0) is 9.36 Å². The van der Waals surface area contributed by atoms with Crippen molar-refractivity contribution in [3.05, 3.63) is 0 Å². The molecule has 0 aromatic carbocycles. The smallest absolute Gasteiger partial charge is 0.318 e. The number of amides is 1. The van der Waals surface area contributed by atoms with Gasteiger partial charge in [0, 0.05) is 6.54 Å². The second-order valence-corrected chi connectivity index (χ2v) is 3.15. The third-order valence-electron chi connectivity index (χ3n) is 1.34. The topological polar surface area (TPSA) is 83.6 Å². The van der Waals surface area contributed by atoms with E-state index in [9.17, 15) is 9.36 Å². The lowest BCUT2D eigenvalue weighted by atomic mass is 10.1. The van der Waals surface area contributed by atoms with Crippen molar-refractivity contribution in [1.29, 1.82) is 0 Å². The summed E-state index contributed by atoms with van der Waals surface area (Å²) in [6.07, 6.45) is -0.0815. The van der Waals surface area contributed by atoms with Crippen LogP contribution in [0.3, 0.4) is 0 Å². The predicted octanol–water partition coefficient (Wildman–Crippen LogP) is -1.15. The van der Waals surface area contributed by atoms with Crippen molar-refractivity contribution in [2.75, 3.05) is 12.8 Å². The molecule has 6 heteroatoms. The van der Waals surface area contributed by atoms with Gasteiger partial charge in [0.25, 0.3) is 6.29 Å². The van der Waals surface area contributed by atoms with Crippen LogP contribution in [0.4, 0.5) is 0 Å². The highest BCUT2D eigenvalue weighted by atomic mass is 31.1. The van der Waals surface area contributed by atoms with E-state index in [4.69, 9.17) is 10.6 Å². The molecule has 3 N–H and O–H groups in total. The normalized spacial score (nSPS) is 26.2. The summed E-state index contributed by atoms with van der Waals surface area (Å²) in [7, 11) is -2.24. The summed E-state index contributed by atoms with van der Waals surface area (Å²) < 4.78 is 10.2. The molecule has 0 saturated carbocycles. The second kappa shape index (κ2) is 2.62. The maximum absolute atomic E-state index is 10.7. The summed E-state index contributed by atoms with van der Waals surface area (Å²) in [4.78, 5) is 20.3. The van der Waals surface area contributed by atoms with Gasteiger partial charge in [-0.3, -0.25) is 9.69 Å². The molecule has 1 saturated heterocycles. The summed E-state index contributed by atoms with van der Waals surface area (Å²) in [5.41, 5.74) is 5.22. The van der Waals surface area contributed by atoms with Crippen molar-refractivity contribution in [3.8, 4) is 0 Å². The number of nitrogens with two attached hydrogens (primary N) is 1. The number of hydrogen-bond donors (Lipinski definition) is 2. The van der Waals surface area contributed by atoms with E-state index in [1.165, 1.54) is 4.90 Å². The summed E-state index contributed by atoms with van der Waals surface area (Å²) in [5.74, 6) is -0.239. The van der Waals surface area contributed by atoms with Gasteiger partial charge in [-0.15, -0.1) is 0 Å². The third kappa shape index (κ3) is 1.31. The van der Waals surface area contributed by atoms with Gasteiger partial charge in [-0.2, -0.15) is 4.89 Å². The number of likely N-dealkylation sites (tertiary alicyclic amines) is 1. The van der Waals surface area contributed by atoms with Crippen molar-refractivity contribution < 1.29 is 14.3 Å². The Morgan fingerprint density at radius 2 is 2.50 bits per heavy atom. The molecule has 0 radical (unpaired) electrons. The van der Waals surface area contributed by atoms with Gasteiger partial charge in [0.2, 0.25) is 5.91 Å². The van der Waals surface area contributed by atoms with Crippen LogP contribution in [0, 0.1) is 0 Å². The molecule has 1 fully saturated rings. The molecule has 56 valence electrons. The van der Waals surface area contributed by atoms with E-state index in [1.54, 1.807) is 0 Å². The third-order valence-corrected chi connectivity index (χ3v) is 1.92. The first-order valence-corrected chi connectivity index (χ1v) is 4.19. The van der Waals surface area contributed by atoms with Crippen molar-refractivity contribution in [2.45, 2.75) is 6.04 Å². The van der Waals surface area contributed by atoms with Gasteiger partial charge >= 0.3 is 8.03 Å². The van der Waals surface area contributed by atoms with Gasteiger partial charge in [-0.1, -0.05) is 0 Å². The summed E-state index contributed by atoms with van der Waals surface area (Å²) in [6.45, 7) is 0.403. The first-order valence-electron chi connectivity index (χ1n) is 2.79. The fourth-order valence-corrected chi connectivity index (χ4v) is 1.35. The zero-order valence-corrected chi connectivity index (χ0v) is 6.12. The number of rotatable bonds is 2. The minimum absolute atomic E-state index is 0.0815. The Morgan fingerprint density at radius 3 is 2.80 bits per heavy atom. The van der Waals surface area contributed by atoms with Crippen molar-refractivity contribution in [1.82, 2.24) is 4.90 Å². The Bertz CT molecular complexity index is 183. The second-order valence-electron chi connectivity index (χ2n) is 2.16. The van der Waals surface area contributed by atoms with E-state index in [0.717, 1.165) is 0 Å². The molecule has 0 bridgehead atoms. The first-order chi connectivity index (χ1) is 4.61. The first kappa shape index (κ1) is 7.60. The summed E-state index contributed by atoms with van der Waals surface area (Å²) in [5, 5.41) is 0. The van der Waals surface area contributed by atoms with Gasteiger partial charge < -0.3 is 5.73 Å². The summed E-state index contributed by atoms with van der Waals surface area (Å²) in [6, 6.07) is -0.449. The van der Waals surface area contributed by atoms with E-state index in [1.807, 2.05) is 0 Å². The highest BCUT2D eigenvalue weighted by Gasteiger charge is 2.37. The average molecular weight is 163 g/mol. The van der Waals surface area contributed by atoms with Gasteiger partial charge in [-0.25, -0.2) is 0 Å². The molecular formula is C4H8N2O3P+. The molecule has 1 heterocycles. The van der Waals surface area contributed by atoms with E-state index >= 15 is 0 Å². The van der Waals surface area contributed by atoms with Gasteiger partial charge in [0.15, 0.2) is 0 Å². The van der Waals surface area contributed by atoms with E-state index in [-0.39, 0.29) is 12.2 Å². The zero-order valence-electron chi connectivity index (χ0n) is 5.23. The molecule has 0 aromatic rings. The Kier molecular flexibility index (Phi) is 1.99. The van der Waals surface area contributed by atoms with Crippen LogP contribution in [0.1, 0.15) is 0 Å². The minimum atomic E-state index is -2.24. The molecule has 5 nitrogen and oxygen atoms in total. The highest BCUT2D eigenvalue weighted by molar-refractivity contribution is 7.37. The van der Waals surface area contributed by atoms with Crippen LogP contribution in [-0.4, -0.2) is 34.6 Å². The fourth-order valence-electron chi connectivity index (χ4n) is 0.801. The van der Waals surface area contributed by atoms with E-state index in [0.29, 0.717) is 6.54 Å². The largest absolute Gasteiger partial charge is 0.527 e. The minimum Gasteiger partial charge on any atom is -0.318 e.